The Bertz CT molecular complexity index is 556. The van der Waals surface area contributed by atoms with Crippen molar-refractivity contribution in [1.82, 2.24) is 4.31 Å². The molecule has 0 heterocycles. The third-order valence-electron chi connectivity index (χ3n) is 2.44. The highest BCUT2D eigenvalue weighted by atomic mass is 32.2. The van der Waals surface area contributed by atoms with Crippen molar-refractivity contribution in [1.29, 1.82) is 0 Å². The van der Waals surface area contributed by atoms with Gasteiger partial charge in [0.05, 0.1) is 4.92 Å². The van der Waals surface area contributed by atoms with Gasteiger partial charge < -0.3 is 5.73 Å². The van der Waals surface area contributed by atoms with Crippen LogP contribution in [0.1, 0.15) is 13.3 Å². The number of hydrogen-bond donors (Lipinski definition) is 1. The Hall–Kier alpha value is -1.67. The van der Waals surface area contributed by atoms with Crippen LogP contribution in [0.25, 0.3) is 0 Å². The molecule has 0 unspecified atom stereocenters. The van der Waals surface area contributed by atoms with Crippen LogP contribution in [0.5, 0.6) is 0 Å². The monoisotopic (exact) mass is 273 g/mol. The second-order valence-corrected chi connectivity index (χ2v) is 5.79. The number of anilines is 1. The van der Waals surface area contributed by atoms with E-state index in [0.29, 0.717) is 6.42 Å². The van der Waals surface area contributed by atoms with E-state index in [0.717, 1.165) is 4.31 Å². The Kier molecular flexibility index (Phi) is 4.25. The molecule has 7 nitrogen and oxygen atoms in total. The number of nitrogens with two attached hydrogens (primary N) is 1. The summed E-state index contributed by atoms with van der Waals surface area (Å²) in [6.07, 6.45) is 0.617. The van der Waals surface area contributed by atoms with Gasteiger partial charge in [-0.05, 0) is 18.6 Å². The summed E-state index contributed by atoms with van der Waals surface area (Å²) in [5.74, 6) is 0. The molecule has 2 N–H and O–H groups in total. The highest BCUT2D eigenvalue weighted by Crippen LogP contribution is 2.31. The summed E-state index contributed by atoms with van der Waals surface area (Å²) in [5, 5.41) is 10.9. The molecule has 0 bridgehead atoms. The molecule has 0 amide bonds. The Morgan fingerprint density at radius 3 is 2.56 bits per heavy atom. The molecule has 0 saturated heterocycles. The SMILES string of the molecule is CCCN(C)S(=O)(=O)c1cccc(N)c1[N+](=O)[O-]. The molecule has 0 saturated carbocycles. The van der Waals surface area contributed by atoms with Crippen LogP contribution >= 0.6 is 0 Å². The number of nitro groups is 1. The number of sulfonamides is 1. The van der Waals surface area contributed by atoms with Crippen molar-refractivity contribution in [2.24, 2.45) is 0 Å². The van der Waals surface area contributed by atoms with Crippen molar-refractivity contribution in [3.05, 3.63) is 28.3 Å². The first-order chi connectivity index (χ1) is 8.32. The zero-order valence-corrected chi connectivity index (χ0v) is 11.0. The number of nitro benzene ring substituents is 1. The zero-order chi connectivity index (χ0) is 13.9. The van der Waals surface area contributed by atoms with Crippen LogP contribution < -0.4 is 5.73 Å². The lowest BCUT2D eigenvalue weighted by atomic mass is 10.3. The maximum absolute atomic E-state index is 12.2. The van der Waals surface area contributed by atoms with Gasteiger partial charge in [0.2, 0.25) is 10.0 Å². The Labute approximate surface area is 105 Å². The normalized spacial score (nSPS) is 11.7. The van der Waals surface area contributed by atoms with E-state index in [-0.39, 0.29) is 17.1 Å². The molecular weight excluding hydrogens is 258 g/mol. The first-order valence-electron chi connectivity index (χ1n) is 5.31. The van der Waals surface area contributed by atoms with E-state index in [4.69, 9.17) is 5.73 Å². The molecule has 0 radical (unpaired) electrons. The van der Waals surface area contributed by atoms with Crippen LogP contribution in [-0.4, -0.2) is 31.2 Å². The fourth-order valence-corrected chi connectivity index (χ4v) is 2.99. The van der Waals surface area contributed by atoms with E-state index in [1.54, 1.807) is 0 Å². The maximum atomic E-state index is 12.2. The van der Waals surface area contributed by atoms with Crippen LogP contribution in [0.4, 0.5) is 11.4 Å². The highest BCUT2D eigenvalue weighted by Gasteiger charge is 2.30. The second-order valence-electron chi connectivity index (χ2n) is 3.78. The third kappa shape index (κ3) is 2.59. The van der Waals surface area contributed by atoms with Crippen molar-refractivity contribution in [3.8, 4) is 0 Å². The lowest BCUT2D eigenvalue weighted by molar-refractivity contribution is -0.386. The van der Waals surface area contributed by atoms with Gasteiger partial charge in [-0.1, -0.05) is 13.0 Å². The lowest BCUT2D eigenvalue weighted by Crippen LogP contribution is -2.28. The topological polar surface area (TPSA) is 107 Å². The maximum Gasteiger partial charge on any atom is 0.312 e. The number of para-hydroxylation sites is 1. The molecule has 0 fully saturated rings. The molecule has 18 heavy (non-hydrogen) atoms. The van der Waals surface area contributed by atoms with Gasteiger partial charge in [0.25, 0.3) is 0 Å². The van der Waals surface area contributed by atoms with Crippen molar-refractivity contribution in [2.45, 2.75) is 18.2 Å². The minimum absolute atomic E-state index is 0.161. The summed E-state index contributed by atoms with van der Waals surface area (Å²) in [7, 11) is -2.51. The second kappa shape index (κ2) is 5.32. The minimum atomic E-state index is -3.89. The number of benzene rings is 1. The summed E-state index contributed by atoms with van der Waals surface area (Å²) >= 11 is 0. The van der Waals surface area contributed by atoms with E-state index in [1.807, 2.05) is 6.92 Å². The van der Waals surface area contributed by atoms with Crippen molar-refractivity contribution >= 4 is 21.4 Å². The minimum Gasteiger partial charge on any atom is -0.393 e. The summed E-state index contributed by atoms with van der Waals surface area (Å²) in [5.41, 5.74) is 4.74. The molecule has 0 aliphatic rings. The zero-order valence-electron chi connectivity index (χ0n) is 10.2. The molecule has 0 aromatic heterocycles. The van der Waals surface area contributed by atoms with Crippen molar-refractivity contribution in [3.63, 3.8) is 0 Å². The predicted molar refractivity (Wildman–Crippen MR) is 67.6 cm³/mol. The third-order valence-corrected chi connectivity index (χ3v) is 4.33. The van der Waals surface area contributed by atoms with Crippen LogP contribution in [-0.2, 0) is 10.0 Å². The van der Waals surface area contributed by atoms with Gasteiger partial charge in [0, 0.05) is 13.6 Å². The Balaban J connectivity index is 3.42. The van der Waals surface area contributed by atoms with E-state index < -0.39 is 20.6 Å². The van der Waals surface area contributed by atoms with E-state index in [2.05, 4.69) is 0 Å². The molecule has 0 aliphatic heterocycles. The molecule has 1 aromatic carbocycles. The summed E-state index contributed by atoms with van der Waals surface area (Å²) in [4.78, 5) is 9.76. The predicted octanol–water partition coefficient (Wildman–Crippen LogP) is 1.21. The standard InChI is InChI=1S/C10H15N3O4S/c1-3-7-12(2)18(16,17)9-6-4-5-8(11)10(9)13(14)15/h4-6H,3,7,11H2,1-2H3. The molecule has 0 atom stereocenters. The molecule has 8 heteroatoms. The molecule has 1 aromatic rings. The molecular formula is C10H15N3O4S. The molecule has 1 rings (SSSR count). The van der Waals surface area contributed by atoms with Gasteiger partial charge in [-0.25, -0.2) is 12.7 Å². The van der Waals surface area contributed by atoms with Crippen LogP contribution in [0, 0.1) is 10.1 Å². The average Bonchev–Trinajstić information content (AvgIpc) is 2.28. The average molecular weight is 273 g/mol. The van der Waals surface area contributed by atoms with Gasteiger partial charge in [-0.3, -0.25) is 10.1 Å². The molecule has 100 valence electrons. The quantitative estimate of drug-likeness (QED) is 0.493. The van der Waals surface area contributed by atoms with Crippen LogP contribution in [0.2, 0.25) is 0 Å². The fourth-order valence-electron chi connectivity index (χ4n) is 1.55. The largest absolute Gasteiger partial charge is 0.393 e. The fraction of sp³-hybridized carbons (Fsp3) is 0.400. The number of nitrogens with zero attached hydrogens (tertiary/aromatic N) is 2. The Morgan fingerprint density at radius 2 is 2.06 bits per heavy atom. The first-order valence-corrected chi connectivity index (χ1v) is 6.75. The van der Waals surface area contributed by atoms with Gasteiger partial charge in [0.15, 0.2) is 4.90 Å². The van der Waals surface area contributed by atoms with Crippen LogP contribution in [0.3, 0.4) is 0 Å². The molecule has 0 aliphatic carbocycles. The number of nitrogen functional groups attached to an aromatic ring is 1. The first kappa shape index (κ1) is 14.4. The van der Waals surface area contributed by atoms with E-state index >= 15 is 0 Å². The van der Waals surface area contributed by atoms with E-state index in [9.17, 15) is 18.5 Å². The van der Waals surface area contributed by atoms with Crippen molar-refractivity contribution in [2.75, 3.05) is 19.3 Å². The van der Waals surface area contributed by atoms with Gasteiger partial charge in [-0.15, -0.1) is 0 Å². The van der Waals surface area contributed by atoms with Crippen molar-refractivity contribution < 1.29 is 13.3 Å². The van der Waals surface area contributed by atoms with Gasteiger partial charge in [-0.2, -0.15) is 0 Å². The van der Waals surface area contributed by atoms with Gasteiger partial charge in [0.1, 0.15) is 5.69 Å². The lowest BCUT2D eigenvalue weighted by Gasteiger charge is -2.16. The number of rotatable bonds is 5. The highest BCUT2D eigenvalue weighted by molar-refractivity contribution is 7.89. The summed E-state index contributed by atoms with van der Waals surface area (Å²) in [6.45, 7) is 2.11. The molecule has 0 spiro atoms. The summed E-state index contributed by atoms with van der Waals surface area (Å²) in [6, 6.07) is 3.88. The number of hydrogen-bond acceptors (Lipinski definition) is 5. The van der Waals surface area contributed by atoms with Crippen LogP contribution in [0.15, 0.2) is 23.1 Å². The van der Waals surface area contributed by atoms with Gasteiger partial charge >= 0.3 is 5.69 Å². The Morgan fingerprint density at radius 1 is 1.44 bits per heavy atom. The van der Waals surface area contributed by atoms with E-state index in [1.165, 1.54) is 25.2 Å². The smallest absolute Gasteiger partial charge is 0.312 e. The summed E-state index contributed by atoms with van der Waals surface area (Å²) < 4.78 is 25.4.